The number of rotatable bonds is 6. The van der Waals surface area contributed by atoms with E-state index in [-0.39, 0.29) is 11.9 Å². The first kappa shape index (κ1) is 15.0. The van der Waals surface area contributed by atoms with Gasteiger partial charge in [-0.2, -0.15) is 0 Å². The van der Waals surface area contributed by atoms with E-state index < -0.39 is 5.54 Å². The fourth-order valence-electron chi connectivity index (χ4n) is 2.30. The van der Waals surface area contributed by atoms with Gasteiger partial charge in [0.15, 0.2) is 0 Å². The van der Waals surface area contributed by atoms with Crippen LogP contribution in [0.1, 0.15) is 36.9 Å². The second-order valence-corrected chi connectivity index (χ2v) is 5.94. The molecule has 0 aromatic heterocycles. The SMILES string of the molecule is CCc1ccc(C(CNC(=O)C2(N)CC2)N(C)C)cc1. The van der Waals surface area contributed by atoms with Gasteiger partial charge in [0, 0.05) is 6.54 Å². The highest BCUT2D eigenvalue weighted by atomic mass is 16.2. The Hall–Kier alpha value is -1.39. The molecule has 20 heavy (non-hydrogen) atoms. The normalized spacial score (nSPS) is 17.9. The molecule has 1 unspecified atom stereocenters. The first-order chi connectivity index (χ1) is 9.46. The van der Waals surface area contributed by atoms with E-state index in [2.05, 4.69) is 41.4 Å². The molecule has 0 radical (unpaired) electrons. The van der Waals surface area contributed by atoms with Crippen LogP contribution in [0.2, 0.25) is 0 Å². The van der Waals surface area contributed by atoms with Gasteiger partial charge in [0.2, 0.25) is 5.91 Å². The van der Waals surface area contributed by atoms with Crippen LogP contribution in [0.5, 0.6) is 0 Å². The molecule has 1 aromatic rings. The highest BCUT2D eigenvalue weighted by Gasteiger charge is 2.45. The zero-order valence-corrected chi connectivity index (χ0v) is 12.6. The summed E-state index contributed by atoms with van der Waals surface area (Å²) in [5.41, 5.74) is 7.85. The quantitative estimate of drug-likeness (QED) is 0.826. The van der Waals surface area contributed by atoms with Crippen molar-refractivity contribution in [1.29, 1.82) is 0 Å². The van der Waals surface area contributed by atoms with Crippen molar-refractivity contribution in [2.24, 2.45) is 5.73 Å². The highest BCUT2D eigenvalue weighted by Crippen LogP contribution is 2.32. The van der Waals surface area contributed by atoms with Crippen LogP contribution in [0.15, 0.2) is 24.3 Å². The zero-order valence-electron chi connectivity index (χ0n) is 12.6. The molecule has 1 aliphatic rings. The molecule has 110 valence electrons. The van der Waals surface area contributed by atoms with Crippen LogP contribution < -0.4 is 11.1 Å². The lowest BCUT2D eigenvalue weighted by Crippen LogP contribution is -2.45. The Labute approximate surface area is 121 Å². The van der Waals surface area contributed by atoms with Gasteiger partial charge in [-0.1, -0.05) is 31.2 Å². The summed E-state index contributed by atoms with van der Waals surface area (Å²) in [4.78, 5) is 14.1. The number of nitrogens with two attached hydrogens (primary N) is 1. The molecule has 0 saturated heterocycles. The molecule has 0 heterocycles. The number of nitrogens with zero attached hydrogens (tertiary/aromatic N) is 1. The minimum atomic E-state index is -0.594. The predicted octanol–water partition coefficient (Wildman–Crippen LogP) is 1.46. The smallest absolute Gasteiger partial charge is 0.240 e. The number of hydrogen-bond acceptors (Lipinski definition) is 3. The van der Waals surface area contributed by atoms with Crippen LogP contribution in [0, 0.1) is 0 Å². The summed E-state index contributed by atoms with van der Waals surface area (Å²) in [5.74, 6) is -0.0190. The molecule has 2 rings (SSSR count). The van der Waals surface area contributed by atoms with E-state index in [4.69, 9.17) is 5.73 Å². The number of aryl methyl sites for hydroxylation is 1. The van der Waals surface area contributed by atoms with Crippen molar-refractivity contribution in [2.45, 2.75) is 37.8 Å². The first-order valence-electron chi connectivity index (χ1n) is 7.29. The largest absolute Gasteiger partial charge is 0.353 e. The van der Waals surface area contributed by atoms with Crippen molar-refractivity contribution in [2.75, 3.05) is 20.6 Å². The highest BCUT2D eigenvalue weighted by molar-refractivity contribution is 5.88. The van der Waals surface area contributed by atoms with Crippen molar-refractivity contribution in [3.63, 3.8) is 0 Å². The van der Waals surface area contributed by atoms with Gasteiger partial charge in [-0.05, 0) is 44.5 Å². The Balaban J connectivity index is 2.00. The van der Waals surface area contributed by atoms with Crippen LogP contribution in [0.25, 0.3) is 0 Å². The summed E-state index contributed by atoms with van der Waals surface area (Å²) in [6.45, 7) is 2.74. The van der Waals surface area contributed by atoms with Gasteiger partial charge in [0.1, 0.15) is 0 Å². The van der Waals surface area contributed by atoms with Crippen molar-refractivity contribution in [1.82, 2.24) is 10.2 Å². The van der Waals surface area contributed by atoms with Crippen LogP contribution in [-0.2, 0) is 11.2 Å². The van der Waals surface area contributed by atoms with Crippen LogP contribution in [-0.4, -0.2) is 37.0 Å². The molecule has 3 N–H and O–H groups in total. The van der Waals surface area contributed by atoms with E-state index in [0.717, 1.165) is 19.3 Å². The molecule has 1 fully saturated rings. The third-order valence-corrected chi connectivity index (χ3v) is 4.09. The van der Waals surface area contributed by atoms with E-state index in [0.29, 0.717) is 6.54 Å². The van der Waals surface area contributed by atoms with E-state index in [1.807, 2.05) is 14.1 Å². The Kier molecular flexibility index (Phi) is 4.45. The average Bonchev–Trinajstić information content (AvgIpc) is 3.18. The second kappa shape index (κ2) is 5.94. The minimum Gasteiger partial charge on any atom is -0.353 e. The van der Waals surface area contributed by atoms with Gasteiger partial charge in [-0.25, -0.2) is 0 Å². The Morgan fingerprint density at radius 2 is 1.95 bits per heavy atom. The van der Waals surface area contributed by atoms with Crippen LogP contribution >= 0.6 is 0 Å². The molecule has 4 nitrogen and oxygen atoms in total. The molecule has 0 bridgehead atoms. The lowest BCUT2D eigenvalue weighted by molar-refractivity contribution is -0.123. The Morgan fingerprint density at radius 3 is 2.40 bits per heavy atom. The minimum absolute atomic E-state index is 0.0190. The molecule has 1 amide bonds. The number of amides is 1. The van der Waals surface area contributed by atoms with Gasteiger partial charge in [0.25, 0.3) is 0 Å². The fourth-order valence-corrected chi connectivity index (χ4v) is 2.30. The molecule has 1 aromatic carbocycles. The number of carbonyl (C=O) groups excluding carboxylic acids is 1. The number of hydrogen-bond donors (Lipinski definition) is 2. The Bertz CT molecular complexity index is 463. The number of benzene rings is 1. The number of likely N-dealkylation sites (N-methyl/N-ethyl adjacent to an activating group) is 1. The van der Waals surface area contributed by atoms with Crippen molar-refractivity contribution >= 4 is 5.91 Å². The summed E-state index contributed by atoms with van der Waals surface area (Å²) in [5, 5.41) is 2.99. The van der Waals surface area contributed by atoms with Crippen LogP contribution in [0.4, 0.5) is 0 Å². The standard InChI is InChI=1S/C16H25N3O/c1-4-12-5-7-13(8-6-12)14(19(2)3)11-18-15(20)16(17)9-10-16/h5-8,14H,4,9-11,17H2,1-3H3,(H,18,20). The third kappa shape index (κ3) is 3.38. The van der Waals surface area contributed by atoms with Gasteiger partial charge in [-0.3, -0.25) is 4.79 Å². The summed E-state index contributed by atoms with van der Waals surface area (Å²) in [7, 11) is 4.06. The molecule has 1 atom stereocenters. The van der Waals surface area contributed by atoms with E-state index in [1.54, 1.807) is 0 Å². The molecule has 0 aliphatic heterocycles. The molecular weight excluding hydrogens is 250 g/mol. The topological polar surface area (TPSA) is 58.4 Å². The molecule has 1 aliphatic carbocycles. The van der Waals surface area contributed by atoms with Gasteiger partial charge < -0.3 is 16.0 Å². The Morgan fingerprint density at radius 1 is 1.35 bits per heavy atom. The lowest BCUT2D eigenvalue weighted by atomic mass is 10.0. The summed E-state index contributed by atoms with van der Waals surface area (Å²) in [6, 6.07) is 8.76. The van der Waals surface area contributed by atoms with Gasteiger partial charge in [-0.15, -0.1) is 0 Å². The fraction of sp³-hybridized carbons (Fsp3) is 0.562. The second-order valence-electron chi connectivity index (χ2n) is 5.94. The van der Waals surface area contributed by atoms with E-state index >= 15 is 0 Å². The molecule has 0 spiro atoms. The van der Waals surface area contributed by atoms with Crippen molar-refractivity contribution in [3.05, 3.63) is 35.4 Å². The maximum absolute atomic E-state index is 11.9. The molecule has 4 heteroatoms. The zero-order chi connectivity index (χ0) is 14.8. The molecular formula is C16H25N3O. The first-order valence-corrected chi connectivity index (χ1v) is 7.29. The predicted molar refractivity (Wildman–Crippen MR) is 81.4 cm³/mol. The van der Waals surface area contributed by atoms with E-state index in [9.17, 15) is 4.79 Å². The maximum atomic E-state index is 11.9. The molecule has 1 saturated carbocycles. The summed E-state index contributed by atoms with van der Waals surface area (Å²) < 4.78 is 0. The maximum Gasteiger partial charge on any atom is 0.240 e. The summed E-state index contributed by atoms with van der Waals surface area (Å²) in [6.07, 6.45) is 2.65. The monoisotopic (exact) mass is 275 g/mol. The van der Waals surface area contributed by atoms with Crippen molar-refractivity contribution in [3.8, 4) is 0 Å². The van der Waals surface area contributed by atoms with Gasteiger partial charge >= 0.3 is 0 Å². The third-order valence-electron chi connectivity index (χ3n) is 4.09. The van der Waals surface area contributed by atoms with Crippen LogP contribution in [0.3, 0.4) is 0 Å². The summed E-state index contributed by atoms with van der Waals surface area (Å²) >= 11 is 0. The van der Waals surface area contributed by atoms with E-state index in [1.165, 1.54) is 11.1 Å². The average molecular weight is 275 g/mol. The lowest BCUT2D eigenvalue weighted by Gasteiger charge is -2.26. The van der Waals surface area contributed by atoms with Crippen molar-refractivity contribution < 1.29 is 4.79 Å². The van der Waals surface area contributed by atoms with Gasteiger partial charge in [0.05, 0.1) is 11.6 Å². The number of nitrogens with one attached hydrogen (secondary N) is 1. The number of carbonyl (C=O) groups is 1.